The number of piperidine rings is 1. The van der Waals surface area contributed by atoms with Gasteiger partial charge in [-0.1, -0.05) is 18.2 Å². The molecule has 1 fully saturated rings. The van der Waals surface area contributed by atoms with Crippen molar-refractivity contribution in [2.24, 2.45) is 0 Å². The van der Waals surface area contributed by atoms with Gasteiger partial charge >= 0.3 is 6.09 Å². The van der Waals surface area contributed by atoms with E-state index in [0.717, 1.165) is 4.90 Å². The van der Waals surface area contributed by atoms with Gasteiger partial charge < -0.3 is 4.74 Å². The maximum atomic E-state index is 11.7. The molecule has 2 aliphatic heterocycles. The van der Waals surface area contributed by atoms with Crippen molar-refractivity contribution >= 4 is 11.8 Å². The van der Waals surface area contributed by atoms with Crippen LogP contribution < -0.4 is 5.32 Å². The molecule has 1 aromatic carbocycles. The molecule has 0 aromatic heterocycles. The lowest BCUT2D eigenvalue weighted by Gasteiger charge is -2.43. The Morgan fingerprint density at radius 1 is 1.52 bits per heavy atom. The minimum atomic E-state index is -1.19. The van der Waals surface area contributed by atoms with Gasteiger partial charge in [0.15, 0.2) is 11.8 Å². The molecule has 3 rings (SSSR count). The Morgan fingerprint density at radius 2 is 2.29 bits per heavy atom. The highest BCUT2D eigenvalue weighted by molar-refractivity contribution is 5.88. The molecule has 2 atom stereocenters. The summed E-state index contributed by atoms with van der Waals surface area (Å²) in [7, 11) is 0. The Balaban J connectivity index is 2.04. The molecule has 0 aliphatic carbocycles. The van der Waals surface area contributed by atoms with Crippen LogP contribution in [0, 0.1) is 21.6 Å². The number of fused-ring (bicyclic) bond motifs is 2. The van der Waals surface area contributed by atoms with E-state index in [4.69, 9.17) is 10.00 Å². The molecular weight excluding hydrogens is 276 g/mol. The number of carbonyl (C=O) groups excluding carboxylic acids is 1. The van der Waals surface area contributed by atoms with Crippen molar-refractivity contribution in [3.8, 4) is 6.19 Å². The number of nitrogens with one attached hydrogen (secondary N) is 1. The zero-order chi connectivity index (χ0) is 15.0. The summed E-state index contributed by atoms with van der Waals surface area (Å²) in [4.78, 5) is 23.5. The van der Waals surface area contributed by atoms with Gasteiger partial charge in [0.2, 0.25) is 0 Å². The first kappa shape index (κ1) is 13.2. The van der Waals surface area contributed by atoms with Crippen LogP contribution in [0.1, 0.15) is 18.4 Å². The van der Waals surface area contributed by atoms with Gasteiger partial charge in [-0.25, -0.2) is 9.69 Å². The lowest BCUT2D eigenvalue weighted by Crippen LogP contribution is -2.53. The predicted molar refractivity (Wildman–Crippen MR) is 70.6 cm³/mol. The van der Waals surface area contributed by atoms with E-state index in [-0.39, 0.29) is 13.0 Å². The highest BCUT2D eigenvalue weighted by Crippen LogP contribution is 2.44. The minimum absolute atomic E-state index is 0.0437. The number of nitrogens with zero attached hydrogens (tertiary/aromatic N) is 3. The molecule has 2 unspecified atom stereocenters. The van der Waals surface area contributed by atoms with Gasteiger partial charge in [-0.05, 0) is 6.07 Å². The molecule has 0 radical (unpaired) electrons. The fraction of sp³-hybridized carbons (Fsp3) is 0.385. The molecule has 21 heavy (non-hydrogen) atoms. The van der Waals surface area contributed by atoms with Crippen molar-refractivity contribution in [2.45, 2.75) is 24.6 Å². The Kier molecular flexibility index (Phi) is 2.90. The van der Waals surface area contributed by atoms with Crippen molar-refractivity contribution in [3.05, 3.63) is 39.9 Å². The summed E-state index contributed by atoms with van der Waals surface area (Å²) in [6, 6.07) is 7.08. The van der Waals surface area contributed by atoms with E-state index in [2.05, 4.69) is 5.32 Å². The number of benzene rings is 1. The summed E-state index contributed by atoms with van der Waals surface area (Å²) >= 11 is 0. The maximum Gasteiger partial charge on any atom is 0.412 e. The van der Waals surface area contributed by atoms with Crippen molar-refractivity contribution < 1.29 is 14.5 Å². The lowest BCUT2D eigenvalue weighted by molar-refractivity contribution is -0.554. The number of anilines is 1. The van der Waals surface area contributed by atoms with Crippen molar-refractivity contribution in [3.63, 3.8) is 0 Å². The lowest BCUT2D eigenvalue weighted by atomic mass is 9.81. The summed E-state index contributed by atoms with van der Waals surface area (Å²) in [6.07, 6.45) is 0.311. The molecular formula is C13H12N4O4. The molecule has 8 nitrogen and oxygen atoms in total. The third-order valence-corrected chi connectivity index (χ3v) is 3.94. The Morgan fingerprint density at radius 3 is 3.00 bits per heavy atom. The number of nitro groups is 1. The Bertz CT molecular complexity index is 656. The van der Waals surface area contributed by atoms with Crippen LogP contribution in [-0.2, 0) is 10.3 Å². The van der Waals surface area contributed by atoms with Crippen LogP contribution in [0.2, 0.25) is 0 Å². The van der Waals surface area contributed by atoms with Crippen LogP contribution in [0.15, 0.2) is 24.3 Å². The average Bonchev–Trinajstić information content (AvgIpc) is 2.47. The van der Waals surface area contributed by atoms with Crippen molar-refractivity contribution in [2.75, 3.05) is 11.9 Å². The molecule has 108 valence electrons. The van der Waals surface area contributed by atoms with E-state index < -0.39 is 22.8 Å². The predicted octanol–water partition coefficient (Wildman–Crippen LogP) is 1.62. The van der Waals surface area contributed by atoms with Crippen LogP contribution >= 0.6 is 0 Å². The van der Waals surface area contributed by atoms with E-state index in [1.807, 2.05) is 6.19 Å². The quantitative estimate of drug-likeness (QED) is 0.478. The number of ether oxygens (including phenoxy) is 1. The molecule has 1 amide bonds. The number of nitriles is 1. The molecule has 1 saturated heterocycles. The molecule has 1 spiro atoms. The van der Waals surface area contributed by atoms with Gasteiger partial charge in [0.05, 0.1) is 12.1 Å². The van der Waals surface area contributed by atoms with Crippen molar-refractivity contribution in [1.82, 2.24) is 4.90 Å². The van der Waals surface area contributed by atoms with Crippen LogP contribution in [0.25, 0.3) is 0 Å². The largest absolute Gasteiger partial charge is 0.437 e. The summed E-state index contributed by atoms with van der Waals surface area (Å²) in [6.45, 7) is 0.170. The number of para-hydroxylation sites is 1. The fourth-order valence-electron chi connectivity index (χ4n) is 2.96. The number of rotatable bonds is 1. The molecule has 0 saturated carbocycles. The first-order valence-electron chi connectivity index (χ1n) is 6.45. The fourth-order valence-corrected chi connectivity index (χ4v) is 2.96. The monoisotopic (exact) mass is 288 g/mol. The zero-order valence-corrected chi connectivity index (χ0v) is 11.0. The second-order valence-corrected chi connectivity index (χ2v) is 5.07. The molecule has 1 N–H and O–H groups in total. The summed E-state index contributed by atoms with van der Waals surface area (Å²) in [5.74, 6) is 0. The standard InChI is InChI=1S/C13H12N4O4/c14-8-16-6-5-13(7-11(16)17(19)20)9-3-1-2-4-10(9)15-12(18)21-13/h1-4,11H,5-7H2,(H,15,18). The molecule has 2 heterocycles. The third-order valence-electron chi connectivity index (χ3n) is 3.94. The Labute approximate surface area is 120 Å². The van der Waals surface area contributed by atoms with Gasteiger partial charge in [-0.15, -0.1) is 0 Å². The van der Waals surface area contributed by atoms with Crippen LogP contribution in [0.3, 0.4) is 0 Å². The number of hydrogen-bond donors (Lipinski definition) is 1. The first-order chi connectivity index (χ1) is 10.1. The third kappa shape index (κ3) is 2.03. The normalized spacial score (nSPS) is 27.3. The smallest absolute Gasteiger partial charge is 0.412 e. The number of hydrogen-bond acceptors (Lipinski definition) is 6. The number of likely N-dealkylation sites (tertiary alicyclic amines) is 1. The van der Waals surface area contributed by atoms with Gasteiger partial charge in [-0.2, -0.15) is 5.26 Å². The van der Waals surface area contributed by atoms with E-state index in [1.54, 1.807) is 24.3 Å². The highest BCUT2D eigenvalue weighted by Gasteiger charge is 2.51. The molecule has 8 heteroatoms. The van der Waals surface area contributed by atoms with Crippen LogP contribution in [-0.4, -0.2) is 28.6 Å². The summed E-state index contributed by atoms with van der Waals surface area (Å²) in [5, 5.41) is 22.8. The topological polar surface area (TPSA) is 108 Å². The molecule has 1 aromatic rings. The van der Waals surface area contributed by atoms with E-state index >= 15 is 0 Å². The SMILES string of the molecule is N#CN1CCC2(CC1[N+](=O)[O-])OC(=O)Nc1ccccc12. The number of carbonyl (C=O) groups is 1. The first-order valence-corrected chi connectivity index (χ1v) is 6.45. The van der Waals surface area contributed by atoms with Crippen molar-refractivity contribution in [1.29, 1.82) is 5.26 Å². The number of amides is 1. The van der Waals surface area contributed by atoms with Gasteiger partial charge in [0, 0.05) is 23.5 Å². The highest BCUT2D eigenvalue weighted by atomic mass is 16.6. The van der Waals surface area contributed by atoms with Crippen LogP contribution in [0.4, 0.5) is 10.5 Å². The minimum Gasteiger partial charge on any atom is -0.437 e. The van der Waals surface area contributed by atoms with Gasteiger partial charge in [0.1, 0.15) is 0 Å². The van der Waals surface area contributed by atoms with Gasteiger partial charge in [0.25, 0.3) is 6.17 Å². The Hall–Kier alpha value is -2.82. The summed E-state index contributed by atoms with van der Waals surface area (Å²) in [5.41, 5.74) is 0.264. The van der Waals surface area contributed by atoms with E-state index in [1.165, 1.54) is 0 Å². The van der Waals surface area contributed by atoms with E-state index in [9.17, 15) is 14.9 Å². The van der Waals surface area contributed by atoms with Crippen LogP contribution in [0.5, 0.6) is 0 Å². The molecule has 2 aliphatic rings. The summed E-state index contributed by atoms with van der Waals surface area (Å²) < 4.78 is 5.42. The average molecular weight is 288 g/mol. The maximum absolute atomic E-state index is 11.7. The second-order valence-electron chi connectivity index (χ2n) is 5.07. The van der Waals surface area contributed by atoms with Gasteiger partial charge in [-0.3, -0.25) is 15.4 Å². The zero-order valence-electron chi connectivity index (χ0n) is 11.0. The second kappa shape index (κ2) is 4.63. The van der Waals surface area contributed by atoms with E-state index in [0.29, 0.717) is 17.7 Å². The molecule has 0 bridgehead atoms.